The minimum atomic E-state index is -0.561. The van der Waals surface area contributed by atoms with E-state index in [1.807, 2.05) is 0 Å². The molecule has 1 aliphatic heterocycles. The van der Waals surface area contributed by atoms with E-state index in [0.29, 0.717) is 28.5 Å². The highest BCUT2D eigenvalue weighted by atomic mass is 19.1. The third-order valence-electron chi connectivity index (χ3n) is 4.07. The third-order valence-corrected chi connectivity index (χ3v) is 4.07. The number of carbonyl (C=O) groups is 2. The highest BCUT2D eigenvalue weighted by Gasteiger charge is 2.17. The molecule has 2 heterocycles. The first-order valence-electron chi connectivity index (χ1n) is 8.43. The van der Waals surface area contributed by atoms with Crippen molar-refractivity contribution in [3.63, 3.8) is 0 Å². The lowest BCUT2D eigenvalue weighted by Crippen LogP contribution is -2.25. The summed E-state index contributed by atoms with van der Waals surface area (Å²) in [5.41, 5.74) is 1.76. The molecule has 0 unspecified atom stereocenters. The molecule has 28 heavy (non-hydrogen) atoms. The molecule has 0 fully saturated rings. The zero-order valence-corrected chi connectivity index (χ0v) is 14.8. The van der Waals surface area contributed by atoms with E-state index in [1.165, 1.54) is 6.07 Å². The van der Waals surface area contributed by atoms with E-state index in [4.69, 9.17) is 9.15 Å². The van der Waals surface area contributed by atoms with Gasteiger partial charge in [0, 0.05) is 12.5 Å². The molecule has 0 aliphatic carbocycles. The van der Waals surface area contributed by atoms with Crippen molar-refractivity contribution >= 4 is 17.5 Å². The van der Waals surface area contributed by atoms with Crippen molar-refractivity contribution in [1.82, 2.24) is 15.5 Å². The van der Waals surface area contributed by atoms with Crippen LogP contribution in [0.5, 0.6) is 5.75 Å². The number of halogens is 1. The Labute approximate surface area is 158 Å². The number of aryl methyl sites for hydroxylation is 1. The van der Waals surface area contributed by atoms with E-state index in [0.717, 1.165) is 6.07 Å². The molecule has 2 amide bonds. The van der Waals surface area contributed by atoms with Crippen LogP contribution in [-0.4, -0.2) is 28.6 Å². The van der Waals surface area contributed by atoms with E-state index >= 15 is 0 Å². The maximum Gasteiger partial charge on any atom is 0.262 e. The summed E-state index contributed by atoms with van der Waals surface area (Å²) in [6, 6.07) is 9.10. The molecule has 0 saturated carbocycles. The first-order chi connectivity index (χ1) is 13.5. The highest BCUT2D eigenvalue weighted by Crippen LogP contribution is 2.33. The highest BCUT2D eigenvalue weighted by molar-refractivity contribution is 5.97. The van der Waals surface area contributed by atoms with Crippen LogP contribution in [-0.2, 0) is 11.3 Å². The molecule has 0 radical (unpaired) electrons. The predicted molar refractivity (Wildman–Crippen MR) is 96.2 cm³/mol. The first-order valence-corrected chi connectivity index (χ1v) is 8.43. The Morgan fingerprint density at radius 2 is 2.07 bits per heavy atom. The van der Waals surface area contributed by atoms with Crippen molar-refractivity contribution in [1.29, 1.82) is 0 Å². The SMILES string of the molecule is Cc1nnc(CNC(=O)c2cc(F)cc(-c3ccc4c(c3)NC(=O)CO4)c2)o1. The Balaban J connectivity index is 1.57. The molecule has 2 aromatic carbocycles. The number of anilines is 1. The number of rotatable bonds is 4. The molecule has 142 valence electrons. The lowest BCUT2D eigenvalue weighted by Gasteiger charge is -2.18. The molecule has 0 saturated heterocycles. The van der Waals surface area contributed by atoms with Crippen LogP contribution >= 0.6 is 0 Å². The number of nitrogens with zero attached hydrogens (tertiary/aromatic N) is 2. The molecular formula is C19H15FN4O4. The van der Waals surface area contributed by atoms with Crippen molar-refractivity contribution in [3.05, 3.63) is 59.6 Å². The van der Waals surface area contributed by atoms with Crippen molar-refractivity contribution in [2.45, 2.75) is 13.5 Å². The summed E-state index contributed by atoms with van der Waals surface area (Å²) in [4.78, 5) is 23.9. The maximum atomic E-state index is 14.1. The Bertz CT molecular complexity index is 1080. The molecule has 1 aliphatic rings. The molecule has 0 bridgehead atoms. The Morgan fingerprint density at radius 3 is 2.86 bits per heavy atom. The van der Waals surface area contributed by atoms with E-state index in [2.05, 4.69) is 20.8 Å². The first kappa shape index (κ1) is 17.7. The second kappa shape index (κ2) is 7.10. The molecular weight excluding hydrogens is 367 g/mol. The fraction of sp³-hybridized carbons (Fsp3) is 0.158. The molecule has 8 nitrogen and oxygen atoms in total. The van der Waals surface area contributed by atoms with Gasteiger partial charge in [0.25, 0.3) is 11.8 Å². The number of ether oxygens (including phenoxy) is 1. The summed E-state index contributed by atoms with van der Waals surface area (Å²) in [5.74, 6) is -0.123. The summed E-state index contributed by atoms with van der Waals surface area (Å²) in [7, 11) is 0. The van der Waals surface area contributed by atoms with Gasteiger partial charge in [-0.05, 0) is 41.5 Å². The van der Waals surface area contributed by atoms with Gasteiger partial charge in [-0.2, -0.15) is 0 Å². The van der Waals surface area contributed by atoms with Crippen LogP contribution in [0.25, 0.3) is 11.1 Å². The average molecular weight is 382 g/mol. The molecule has 0 atom stereocenters. The van der Waals surface area contributed by atoms with Crippen LogP contribution in [0.4, 0.5) is 10.1 Å². The van der Waals surface area contributed by atoms with Gasteiger partial charge in [0.1, 0.15) is 11.6 Å². The van der Waals surface area contributed by atoms with Crippen LogP contribution in [0.2, 0.25) is 0 Å². The van der Waals surface area contributed by atoms with Crippen molar-refractivity contribution < 1.29 is 23.1 Å². The number of carbonyl (C=O) groups excluding carboxylic acids is 2. The molecule has 9 heteroatoms. The van der Waals surface area contributed by atoms with Crippen LogP contribution < -0.4 is 15.4 Å². The maximum absolute atomic E-state index is 14.1. The van der Waals surface area contributed by atoms with Gasteiger partial charge in [-0.25, -0.2) is 4.39 Å². The largest absolute Gasteiger partial charge is 0.482 e. The van der Waals surface area contributed by atoms with Crippen molar-refractivity contribution in [2.24, 2.45) is 0 Å². The van der Waals surface area contributed by atoms with Gasteiger partial charge in [-0.1, -0.05) is 6.07 Å². The zero-order chi connectivity index (χ0) is 19.7. The number of nitrogens with one attached hydrogen (secondary N) is 2. The van der Waals surface area contributed by atoms with Crippen molar-refractivity contribution in [3.8, 4) is 16.9 Å². The quantitative estimate of drug-likeness (QED) is 0.718. The molecule has 2 N–H and O–H groups in total. The fourth-order valence-electron chi connectivity index (χ4n) is 2.82. The third kappa shape index (κ3) is 3.68. The normalized spacial score (nSPS) is 12.7. The van der Waals surface area contributed by atoms with Gasteiger partial charge in [-0.15, -0.1) is 10.2 Å². The number of amides is 2. The number of hydrogen-bond donors (Lipinski definition) is 2. The minimum Gasteiger partial charge on any atom is -0.482 e. The van der Waals surface area contributed by atoms with Crippen molar-refractivity contribution in [2.75, 3.05) is 11.9 Å². The monoisotopic (exact) mass is 382 g/mol. The Morgan fingerprint density at radius 1 is 1.21 bits per heavy atom. The Hall–Kier alpha value is -3.75. The minimum absolute atomic E-state index is 0.0355. The van der Waals surface area contributed by atoms with Crippen LogP contribution in [0.1, 0.15) is 22.1 Å². The second-order valence-electron chi connectivity index (χ2n) is 6.17. The van der Waals surface area contributed by atoms with E-state index in [9.17, 15) is 14.0 Å². The average Bonchev–Trinajstić information content (AvgIpc) is 3.10. The summed E-state index contributed by atoms with van der Waals surface area (Å²) < 4.78 is 24.6. The summed E-state index contributed by atoms with van der Waals surface area (Å²) in [6.07, 6.45) is 0. The number of fused-ring (bicyclic) bond motifs is 1. The number of hydrogen-bond acceptors (Lipinski definition) is 6. The predicted octanol–water partition coefficient (Wildman–Crippen LogP) is 2.45. The molecule has 0 spiro atoms. The smallest absolute Gasteiger partial charge is 0.262 e. The van der Waals surface area contributed by atoms with Crippen LogP contribution in [0.3, 0.4) is 0 Å². The van der Waals surface area contributed by atoms with Gasteiger partial charge in [0.15, 0.2) is 6.61 Å². The van der Waals surface area contributed by atoms with Crippen LogP contribution in [0, 0.1) is 12.7 Å². The number of benzene rings is 2. The van der Waals surface area contributed by atoms with E-state index < -0.39 is 11.7 Å². The zero-order valence-electron chi connectivity index (χ0n) is 14.8. The van der Waals surface area contributed by atoms with E-state index in [-0.39, 0.29) is 30.5 Å². The summed E-state index contributed by atoms with van der Waals surface area (Å²) in [6.45, 7) is 1.63. The topological polar surface area (TPSA) is 106 Å². The number of aromatic nitrogens is 2. The lowest BCUT2D eigenvalue weighted by atomic mass is 10.0. The fourth-order valence-corrected chi connectivity index (χ4v) is 2.82. The molecule has 1 aromatic heterocycles. The van der Waals surface area contributed by atoms with Gasteiger partial charge < -0.3 is 19.8 Å². The molecule has 4 rings (SSSR count). The summed E-state index contributed by atoms with van der Waals surface area (Å²) >= 11 is 0. The Kier molecular flexibility index (Phi) is 4.48. The summed E-state index contributed by atoms with van der Waals surface area (Å²) in [5, 5.41) is 12.8. The van der Waals surface area contributed by atoms with Crippen LogP contribution in [0.15, 0.2) is 40.8 Å². The standard InChI is InChI=1S/C19H15FN4O4/c1-10-23-24-18(28-10)8-21-19(26)13-4-12(5-14(20)6-13)11-2-3-16-15(7-11)22-17(25)9-27-16/h2-7H,8-9H2,1H3,(H,21,26)(H,22,25). The van der Waals surface area contributed by atoms with Gasteiger partial charge in [-0.3, -0.25) is 9.59 Å². The lowest BCUT2D eigenvalue weighted by molar-refractivity contribution is -0.118. The van der Waals surface area contributed by atoms with Gasteiger partial charge in [0.2, 0.25) is 11.8 Å². The second-order valence-corrected chi connectivity index (χ2v) is 6.17. The van der Waals surface area contributed by atoms with Gasteiger partial charge >= 0.3 is 0 Å². The van der Waals surface area contributed by atoms with Gasteiger partial charge in [0.05, 0.1) is 12.2 Å². The van der Waals surface area contributed by atoms with E-state index in [1.54, 1.807) is 31.2 Å². The molecule has 3 aromatic rings.